The normalized spacial score (nSPS) is 17.0. The molecule has 0 saturated carbocycles. The first-order valence-electron chi connectivity index (χ1n) is 13.9. The van der Waals surface area contributed by atoms with Gasteiger partial charge in [0.2, 0.25) is 0 Å². The molecule has 0 unspecified atom stereocenters. The van der Waals surface area contributed by atoms with Gasteiger partial charge in [0.25, 0.3) is 0 Å². The summed E-state index contributed by atoms with van der Waals surface area (Å²) in [5, 5.41) is 2.21. The third kappa shape index (κ3) is 10.4. The Morgan fingerprint density at radius 1 is 0.767 bits per heavy atom. The van der Waals surface area contributed by atoms with Gasteiger partial charge in [-0.2, -0.15) is 13.2 Å². The Labute approximate surface area is 258 Å². The van der Waals surface area contributed by atoms with E-state index >= 15 is 0 Å². The quantitative estimate of drug-likeness (QED) is 0.200. The fraction of sp³-hybridized carbons (Fsp3) is 0.375. The molecule has 0 spiro atoms. The zero-order valence-corrected chi connectivity index (χ0v) is 25.0. The van der Waals surface area contributed by atoms with Gasteiger partial charge in [-0.1, -0.05) is 91.0 Å². The molecule has 1 aliphatic heterocycles. The third-order valence-electron chi connectivity index (χ3n) is 6.69. The molecule has 3 aromatic carbocycles. The van der Waals surface area contributed by atoms with Crippen molar-refractivity contribution < 1.29 is 37.0 Å². The number of alkyl halides is 3. The number of halogens is 3. The van der Waals surface area contributed by atoms with Crippen LogP contribution < -0.4 is 5.32 Å². The average molecular weight is 634 g/mol. The second kappa shape index (κ2) is 16.9. The molecule has 43 heavy (non-hydrogen) atoms. The van der Waals surface area contributed by atoms with Crippen LogP contribution in [0, 0.1) is 0 Å². The maximum Gasteiger partial charge on any atom is 0.471 e. The van der Waals surface area contributed by atoms with Gasteiger partial charge in [-0.15, -0.1) is 23.5 Å². The van der Waals surface area contributed by atoms with Crippen LogP contribution in [0.4, 0.5) is 13.2 Å². The van der Waals surface area contributed by atoms with Gasteiger partial charge in [-0.25, -0.2) is 0 Å². The first kappa shape index (κ1) is 33.1. The standard InChI is InChI=1S/C32H34F3NO5S2/c33-32(34,35)31(38)36-27(30-42-17-10-18-43-30)29(41-22-25-15-8-3-9-16-25)28(40-21-24-13-6-2-7-14-24)26(19-37)39-20-23-11-4-1-5-12-23/h1-9,11-16,19,26-30H,10,17-18,20-22H2,(H,36,38)/t26-,27-,28-,29-/m1/s1. The van der Waals surface area contributed by atoms with E-state index < -0.39 is 41.0 Å². The lowest BCUT2D eigenvalue weighted by Gasteiger charge is -2.40. The van der Waals surface area contributed by atoms with E-state index in [0.29, 0.717) is 17.8 Å². The number of hydrogen-bond donors (Lipinski definition) is 1. The van der Waals surface area contributed by atoms with E-state index in [1.54, 1.807) is 0 Å². The Morgan fingerprint density at radius 2 is 1.21 bits per heavy atom. The minimum absolute atomic E-state index is 0.0153. The van der Waals surface area contributed by atoms with Crippen LogP contribution in [0.2, 0.25) is 0 Å². The van der Waals surface area contributed by atoms with Crippen molar-refractivity contribution in [2.45, 2.75) is 61.4 Å². The molecule has 11 heteroatoms. The van der Waals surface area contributed by atoms with Gasteiger partial charge in [0, 0.05) is 0 Å². The number of hydrogen-bond acceptors (Lipinski definition) is 7. The topological polar surface area (TPSA) is 73.9 Å². The number of thioether (sulfide) groups is 2. The molecule has 0 radical (unpaired) electrons. The van der Waals surface area contributed by atoms with Crippen LogP contribution in [0.25, 0.3) is 0 Å². The summed E-state index contributed by atoms with van der Waals surface area (Å²) in [6.45, 7) is 0.120. The van der Waals surface area contributed by atoms with E-state index in [2.05, 4.69) is 5.32 Å². The third-order valence-corrected chi connectivity index (χ3v) is 9.80. The number of aldehydes is 1. The summed E-state index contributed by atoms with van der Waals surface area (Å²) in [5.41, 5.74) is 2.37. The van der Waals surface area contributed by atoms with Crippen molar-refractivity contribution >= 4 is 35.7 Å². The van der Waals surface area contributed by atoms with Gasteiger partial charge in [-0.05, 0) is 34.6 Å². The molecule has 4 atom stereocenters. The summed E-state index contributed by atoms with van der Waals surface area (Å²) < 4.78 is 59.1. The largest absolute Gasteiger partial charge is 0.471 e. The summed E-state index contributed by atoms with van der Waals surface area (Å²) in [6, 6.07) is 26.4. The van der Waals surface area contributed by atoms with Gasteiger partial charge in [0.1, 0.15) is 18.3 Å². The number of amides is 1. The summed E-state index contributed by atoms with van der Waals surface area (Å²) in [5.74, 6) is -0.663. The summed E-state index contributed by atoms with van der Waals surface area (Å²) >= 11 is 2.90. The van der Waals surface area contributed by atoms with Gasteiger partial charge in [-0.3, -0.25) is 4.79 Å². The molecule has 0 aliphatic carbocycles. The van der Waals surface area contributed by atoms with Crippen LogP contribution in [0.3, 0.4) is 0 Å². The lowest BCUT2D eigenvalue weighted by molar-refractivity contribution is -0.180. The Kier molecular flexibility index (Phi) is 13.0. The second-order valence-corrected chi connectivity index (χ2v) is 12.7. The summed E-state index contributed by atoms with van der Waals surface area (Å²) in [7, 11) is 0. The fourth-order valence-electron chi connectivity index (χ4n) is 4.54. The highest BCUT2D eigenvalue weighted by molar-refractivity contribution is 8.17. The number of nitrogens with one attached hydrogen (secondary N) is 1. The molecule has 0 aromatic heterocycles. The minimum Gasteiger partial charge on any atom is -0.368 e. The molecular weight excluding hydrogens is 599 g/mol. The first-order chi connectivity index (χ1) is 20.8. The van der Waals surface area contributed by atoms with Gasteiger partial charge in [0.15, 0.2) is 6.29 Å². The lowest BCUT2D eigenvalue weighted by Crippen LogP contribution is -2.60. The van der Waals surface area contributed by atoms with Crippen molar-refractivity contribution in [2.75, 3.05) is 11.5 Å². The first-order valence-corrected chi connectivity index (χ1v) is 16.0. The van der Waals surface area contributed by atoms with E-state index in [-0.39, 0.29) is 19.8 Å². The maximum absolute atomic E-state index is 13.6. The number of benzene rings is 3. The van der Waals surface area contributed by atoms with Crippen LogP contribution in [-0.2, 0) is 43.6 Å². The minimum atomic E-state index is -5.11. The Morgan fingerprint density at radius 3 is 1.65 bits per heavy atom. The predicted molar refractivity (Wildman–Crippen MR) is 162 cm³/mol. The highest BCUT2D eigenvalue weighted by Crippen LogP contribution is 2.37. The molecule has 4 rings (SSSR count). The summed E-state index contributed by atoms with van der Waals surface area (Å²) in [6.07, 6.45) is -7.20. The van der Waals surface area contributed by atoms with Crippen molar-refractivity contribution in [1.29, 1.82) is 0 Å². The van der Waals surface area contributed by atoms with Crippen LogP contribution in [0.15, 0.2) is 91.0 Å². The Hall–Kier alpha value is -2.83. The van der Waals surface area contributed by atoms with Crippen molar-refractivity contribution in [1.82, 2.24) is 5.32 Å². The molecule has 1 amide bonds. The van der Waals surface area contributed by atoms with Crippen molar-refractivity contribution in [3.8, 4) is 0 Å². The zero-order chi connectivity index (χ0) is 30.5. The molecule has 1 fully saturated rings. The fourth-order valence-corrected chi connectivity index (χ4v) is 7.63. The van der Waals surface area contributed by atoms with Gasteiger partial charge >= 0.3 is 12.1 Å². The van der Waals surface area contributed by atoms with Crippen molar-refractivity contribution in [2.24, 2.45) is 0 Å². The van der Waals surface area contributed by atoms with Crippen LogP contribution in [-0.4, -0.2) is 58.8 Å². The molecule has 1 saturated heterocycles. The number of rotatable bonds is 15. The maximum atomic E-state index is 13.6. The average Bonchev–Trinajstić information content (AvgIpc) is 3.04. The van der Waals surface area contributed by atoms with E-state index in [9.17, 15) is 22.8 Å². The second-order valence-electron chi connectivity index (χ2n) is 9.88. The zero-order valence-electron chi connectivity index (χ0n) is 23.4. The predicted octanol–water partition coefficient (Wildman–Crippen LogP) is 6.18. The molecule has 1 aliphatic rings. The Balaban J connectivity index is 1.71. The number of ether oxygens (including phenoxy) is 3. The molecular formula is C32H34F3NO5S2. The number of carbonyl (C=O) groups is 2. The smallest absolute Gasteiger partial charge is 0.368 e. The highest BCUT2D eigenvalue weighted by Gasteiger charge is 2.47. The molecule has 1 heterocycles. The Bertz CT molecular complexity index is 1250. The molecule has 230 valence electrons. The lowest BCUT2D eigenvalue weighted by atomic mass is 10.0. The molecule has 0 bridgehead atoms. The van der Waals surface area contributed by atoms with Crippen molar-refractivity contribution in [3.63, 3.8) is 0 Å². The summed E-state index contributed by atoms with van der Waals surface area (Å²) in [4.78, 5) is 25.0. The van der Waals surface area contributed by atoms with Gasteiger partial charge in [0.05, 0.1) is 30.4 Å². The highest BCUT2D eigenvalue weighted by atomic mass is 32.2. The monoisotopic (exact) mass is 633 g/mol. The van der Waals surface area contributed by atoms with Crippen LogP contribution in [0.5, 0.6) is 0 Å². The van der Waals surface area contributed by atoms with Crippen molar-refractivity contribution in [3.05, 3.63) is 108 Å². The van der Waals surface area contributed by atoms with Crippen LogP contribution in [0.1, 0.15) is 23.1 Å². The van der Waals surface area contributed by atoms with Gasteiger partial charge < -0.3 is 24.3 Å². The van der Waals surface area contributed by atoms with E-state index in [0.717, 1.165) is 23.1 Å². The molecule has 6 nitrogen and oxygen atoms in total. The SMILES string of the molecule is O=C[C@@H](OCc1ccccc1)[C@@H](OCc1ccccc1)[C@H](OCc1ccccc1)[C@@H](NC(=O)C(F)(F)F)C1SCCCS1. The molecule has 3 aromatic rings. The van der Waals surface area contributed by atoms with Crippen LogP contribution >= 0.6 is 23.5 Å². The number of carbonyl (C=O) groups excluding carboxylic acids is 2. The van der Waals surface area contributed by atoms with E-state index in [4.69, 9.17) is 14.2 Å². The molecule has 1 N–H and O–H groups in total. The van der Waals surface area contributed by atoms with E-state index in [1.807, 2.05) is 91.0 Å². The van der Waals surface area contributed by atoms with E-state index in [1.165, 1.54) is 23.5 Å².